The van der Waals surface area contributed by atoms with Crippen LogP contribution < -0.4 is 4.74 Å². The molecule has 1 aromatic rings. The lowest BCUT2D eigenvalue weighted by Crippen LogP contribution is -2.27. The Morgan fingerprint density at radius 1 is 1.36 bits per heavy atom. The molecule has 1 fully saturated rings. The van der Waals surface area contributed by atoms with E-state index in [1.165, 1.54) is 24.8 Å². The summed E-state index contributed by atoms with van der Waals surface area (Å²) >= 11 is 0. The zero-order valence-corrected chi connectivity index (χ0v) is 15.1. The molecule has 1 heterocycles. The predicted molar refractivity (Wildman–Crippen MR) is 93.2 cm³/mol. The highest BCUT2D eigenvalue weighted by molar-refractivity contribution is 5.15. The lowest BCUT2D eigenvalue weighted by molar-refractivity contribution is 0.173. The summed E-state index contributed by atoms with van der Waals surface area (Å²) in [6, 6.07) is 0. The van der Waals surface area contributed by atoms with Crippen molar-refractivity contribution in [1.82, 2.24) is 9.97 Å². The third-order valence-electron chi connectivity index (χ3n) is 4.74. The second-order valence-electron chi connectivity index (χ2n) is 6.53. The third-order valence-corrected chi connectivity index (χ3v) is 4.74. The summed E-state index contributed by atoms with van der Waals surface area (Å²) in [6.45, 7) is 17.5. The number of nitrogens with zero attached hydrogens (tertiary/aromatic N) is 2. The van der Waals surface area contributed by atoms with Crippen LogP contribution in [0, 0.1) is 11.3 Å². The molecule has 0 bridgehead atoms. The number of rotatable bonds is 5. The Morgan fingerprint density at radius 3 is 2.45 bits per heavy atom. The number of hydrogen-bond donors (Lipinski definition) is 0. The normalized spacial score (nSPS) is 23.9. The fraction of sp³-hybridized carbons (Fsp3) is 0.684. The van der Waals surface area contributed by atoms with E-state index in [0.29, 0.717) is 11.8 Å². The van der Waals surface area contributed by atoms with E-state index in [2.05, 4.69) is 44.2 Å². The molecule has 1 aromatic heterocycles. The third kappa shape index (κ3) is 4.31. The van der Waals surface area contributed by atoms with Gasteiger partial charge in [0.1, 0.15) is 5.82 Å². The Balaban J connectivity index is 0.00000116. The molecule has 0 saturated heterocycles. The van der Waals surface area contributed by atoms with E-state index in [0.717, 1.165) is 18.2 Å². The smallest absolute Gasteiger partial charge is 0.155 e. The predicted octanol–water partition coefficient (Wildman–Crippen LogP) is 5.39. The molecule has 2 rings (SSSR count). The minimum absolute atomic E-state index is 0.221. The molecular formula is C19H32N2O. The molecule has 0 aliphatic heterocycles. The van der Waals surface area contributed by atoms with Crippen LogP contribution in [0.1, 0.15) is 72.5 Å². The zero-order valence-electron chi connectivity index (χ0n) is 15.1. The number of allylic oxidation sites excluding steroid dienone is 1. The van der Waals surface area contributed by atoms with E-state index in [9.17, 15) is 0 Å². The van der Waals surface area contributed by atoms with Crippen LogP contribution in [-0.2, 0) is 0 Å². The molecule has 0 aromatic carbocycles. The van der Waals surface area contributed by atoms with E-state index in [1.54, 1.807) is 12.4 Å². The molecule has 0 radical (unpaired) electrons. The van der Waals surface area contributed by atoms with Crippen molar-refractivity contribution in [3.63, 3.8) is 0 Å². The highest BCUT2D eigenvalue weighted by atomic mass is 16.5. The van der Waals surface area contributed by atoms with E-state index in [4.69, 9.17) is 4.74 Å². The molecule has 3 nitrogen and oxygen atoms in total. The maximum atomic E-state index is 5.90. The van der Waals surface area contributed by atoms with Crippen molar-refractivity contribution < 1.29 is 4.74 Å². The van der Waals surface area contributed by atoms with Crippen LogP contribution in [0.4, 0.5) is 0 Å². The molecule has 0 unspecified atom stereocenters. The van der Waals surface area contributed by atoms with E-state index < -0.39 is 0 Å². The lowest BCUT2D eigenvalue weighted by atomic mass is 9.75. The first-order chi connectivity index (χ1) is 10.4. The molecule has 1 saturated carbocycles. The quantitative estimate of drug-likeness (QED) is 0.684. The summed E-state index contributed by atoms with van der Waals surface area (Å²) in [5, 5.41) is 0. The van der Waals surface area contributed by atoms with Gasteiger partial charge in [0, 0.05) is 11.8 Å². The Morgan fingerprint density at radius 2 is 1.95 bits per heavy atom. The molecule has 2 atom stereocenters. The second-order valence-corrected chi connectivity index (χ2v) is 6.53. The molecule has 1 aliphatic carbocycles. The second kappa shape index (κ2) is 8.30. The Labute approximate surface area is 136 Å². The van der Waals surface area contributed by atoms with Crippen LogP contribution in [-0.4, -0.2) is 16.6 Å². The van der Waals surface area contributed by atoms with Gasteiger partial charge in [-0.25, -0.2) is 9.97 Å². The highest BCUT2D eigenvalue weighted by Gasteiger charge is 2.39. The molecular weight excluding hydrogens is 272 g/mol. The Hall–Kier alpha value is -1.38. The monoisotopic (exact) mass is 304 g/mol. The Bertz CT molecular complexity index is 467. The van der Waals surface area contributed by atoms with Gasteiger partial charge in [-0.15, -0.1) is 0 Å². The van der Waals surface area contributed by atoms with Crippen molar-refractivity contribution >= 4 is 0 Å². The van der Waals surface area contributed by atoms with Crippen LogP contribution in [0.2, 0.25) is 0 Å². The van der Waals surface area contributed by atoms with Crippen molar-refractivity contribution in [3.8, 4) is 5.75 Å². The molecule has 0 amide bonds. The minimum atomic E-state index is 0.221. The maximum Gasteiger partial charge on any atom is 0.155 e. The molecule has 3 heteroatoms. The van der Waals surface area contributed by atoms with Gasteiger partial charge in [0.2, 0.25) is 0 Å². The van der Waals surface area contributed by atoms with Gasteiger partial charge in [0.05, 0.1) is 19.0 Å². The topological polar surface area (TPSA) is 35.0 Å². The highest BCUT2D eigenvalue weighted by Crippen LogP contribution is 2.47. The first kappa shape index (κ1) is 18.7. The van der Waals surface area contributed by atoms with Gasteiger partial charge in [-0.2, -0.15) is 0 Å². The fourth-order valence-electron chi connectivity index (χ4n) is 2.96. The standard InChI is InChI=1S/C17H26N2O.C2H6/c1-12(2)16-18-9-15(10-19-16)20-11-14-7-6-8-17(14,5)13(3)4;1-2/h9-10,12,14H,3,6-8,11H2,1-2,4-5H3;1-2H3/t14-,17+;/m1./s1. The summed E-state index contributed by atoms with van der Waals surface area (Å²) in [5.74, 6) is 2.53. The van der Waals surface area contributed by atoms with Crippen LogP contribution >= 0.6 is 0 Å². The van der Waals surface area contributed by atoms with Gasteiger partial charge in [0.15, 0.2) is 5.75 Å². The summed E-state index contributed by atoms with van der Waals surface area (Å²) in [6.07, 6.45) is 7.28. The van der Waals surface area contributed by atoms with Crippen LogP contribution in [0.5, 0.6) is 5.75 Å². The van der Waals surface area contributed by atoms with E-state index in [1.807, 2.05) is 13.8 Å². The van der Waals surface area contributed by atoms with E-state index in [-0.39, 0.29) is 5.41 Å². The van der Waals surface area contributed by atoms with Crippen molar-refractivity contribution in [2.45, 2.75) is 66.7 Å². The van der Waals surface area contributed by atoms with Crippen LogP contribution in [0.3, 0.4) is 0 Å². The van der Waals surface area contributed by atoms with Gasteiger partial charge in [0.25, 0.3) is 0 Å². The van der Waals surface area contributed by atoms with Gasteiger partial charge in [-0.1, -0.05) is 53.2 Å². The first-order valence-corrected chi connectivity index (χ1v) is 8.54. The van der Waals surface area contributed by atoms with Gasteiger partial charge in [-0.05, 0) is 25.2 Å². The van der Waals surface area contributed by atoms with Crippen molar-refractivity contribution in [3.05, 3.63) is 30.4 Å². The van der Waals surface area contributed by atoms with Gasteiger partial charge in [-0.3, -0.25) is 0 Å². The largest absolute Gasteiger partial charge is 0.490 e. The van der Waals surface area contributed by atoms with Gasteiger partial charge < -0.3 is 4.74 Å². The molecule has 1 aliphatic rings. The fourth-order valence-corrected chi connectivity index (χ4v) is 2.96. The van der Waals surface area contributed by atoms with Gasteiger partial charge >= 0.3 is 0 Å². The summed E-state index contributed by atoms with van der Waals surface area (Å²) < 4.78 is 5.90. The van der Waals surface area contributed by atoms with Crippen molar-refractivity contribution in [2.24, 2.45) is 11.3 Å². The number of aromatic nitrogens is 2. The van der Waals surface area contributed by atoms with Crippen LogP contribution in [0.25, 0.3) is 0 Å². The maximum absolute atomic E-state index is 5.90. The molecule has 22 heavy (non-hydrogen) atoms. The molecule has 0 N–H and O–H groups in total. The summed E-state index contributed by atoms with van der Waals surface area (Å²) in [4.78, 5) is 8.68. The first-order valence-electron chi connectivity index (χ1n) is 8.54. The number of ether oxygens (including phenoxy) is 1. The minimum Gasteiger partial charge on any atom is -0.490 e. The Kier molecular flexibility index (Phi) is 7.05. The van der Waals surface area contributed by atoms with Crippen molar-refractivity contribution in [1.29, 1.82) is 0 Å². The number of hydrogen-bond acceptors (Lipinski definition) is 3. The average molecular weight is 304 g/mol. The van der Waals surface area contributed by atoms with Crippen molar-refractivity contribution in [2.75, 3.05) is 6.61 Å². The average Bonchev–Trinajstić information content (AvgIpc) is 2.90. The molecule has 124 valence electrons. The zero-order chi connectivity index (χ0) is 16.8. The molecule has 0 spiro atoms. The van der Waals surface area contributed by atoms with E-state index >= 15 is 0 Å². The summed E-state index contributed by atoms with van der Waals surface area (Å²) in [5.41, 5.74) is 1.49. The van der Waals surface area contributed by atoms with Crippen LogP contribution in [0.15, 0.2) is 24.5 Å². The lowest BCUT2D eigenvalue weighted by Gasteiger charge is -2.32. The SMILES string of the molecule is C=C(C)[C@]1(C)CCC[C@@H]1COc1cnc(C(C)C)nc1.CC. The summed E-state index contributed by atoms with van der Waals surface area (Å²) in [7, 11) is 0.